The average molecular weight is 342 g/mol. The summed E-state index contributed by atoms with van der Waals surface area (Å²) in [5, 5.41) is 4.58. The van der Waals surface area contributed by atoms with E-state index in [1.165, 1.54) is 0 Å². The van der Waals surface area contributed by atoms with Crippen molar-refractivity contribution in [1.82, 2.24) is 14.8 Å². The number of alkyl halides is 1. The molecule has 0 spiro atoms. The minimum absolute atomic E-state index is 0.163. The highest BCUT2D eigenvalue weighted by Gasteiger charge is 2.37. The van der Waals surface area contributed by atoms with E-state index in [9.17, 15) is 0 Å². The molecule has 122 valence electrons. The maximum absolute atomic E-state index is 6.18. The smallest absolute Gasteiger partial charge is 0.230 e. The lowest BCUT2D eigenvalue weighted by molar-refractivity contribution is 0.267. The predicted molar refractivity (Wildman–Crippen MR) is 92.7 cm³/mol. The molecule has 22 heavy (non-hydrogen) atoms. The van der Waals surface area contributed by atoms with Crippen LogP contribution in [0.2, 0.25) is 18.1 Å². The first-order valence-corrected chi connectivity index (χ1v) is 10.6. The van der Waals surface area contributed by atoms with E-state index < -0.39 is 13.9 Å². The van der Waals surface area contributed by atoms with Crippen LogP contribution in [-0.4, -0.2) is 34.9 Å². The Labute approximate surface area is 138 Å². The Morgan fingerprint density at radius 3 is 2.64 bits per heavy atom. The molecule has 0 aromatic carbocycles. The van der Waals surface area contributed by atoms with Gasteiger partial charge >= 0.3 is 0 Å². The van der Waals surface area contributed by atoms with E-state index in [1.54, 1.807) is 15.8 Å². The second-order valence-corrected chi connectivity index (χ2v) is 12.1. The first-order valence-electron chi connectivity index (χ1n) is 7.28. The standard InChI is InChI=1S/C14H24ClN5OSi/c1-14(2,3)22(5,6)21-10-11-17-13(19(4)18-11)20-9-7-8-16-12(20)15/h7-9,12H,10H2,1-6H3. The van der Waals surface area contributed by atoms with Crippen LogP contribution in [0.4, 0.5) is 5.95 Å². The van der Waals surface area contributed by atoms with Gasteiger partial charge in [0.05, 0.1) is 6.61 Å². The van der Waals surface area contributed by atoms with Crippen molar-refractivity contribution in [3.8, 4) is 0 Å². The van der Waals surface area contributed by atoms with E-state index in [1.807, 2.05) is 19.3 Å². The summed E-state index contributed by atoms with van der Waals surface area (Å²) in [6.07, 6.45) is 5.33. The monoisotopic (exact) mass is 341 g/mol. The third kappa shape index (κ3) is 3.59. The Morgan fingerprint density at radius 2 is 2.05 bits per heavy atom. The molecule has 1 aromatic rings. The van der Waals surface area contributed by atoms with Crippen LogP contribution in [0, 0.1) is 0 Å². The Morgan fingerprint density at radius 1 is 1.36 bits per heavy atom. The zero-order valence-corrected chi connectivity index (χ0v) is 15.8. The molecule has 0 fully saturated rings. The number of aryl methyl sites for hydroxylation is 1. The molecule has 0 saturated carbocycles. The topological polar surface area (TPSA) is 55.5 Å². The van der Waals surface area contributed by atoms with E-state index in [4.69, 9.17) is 16.0 Å². The molecule has 6 nitrogen and oxygen atoms in total. The van der Waals surface area contributed by atoms with Gasteiger partial charge in [0, 0.05) is 19.5 Å². The zero-order chi connectivity index (χ0) is 16.5. The molecule has 1 aliphatic rings. The molecule has 0 aliphatic carbocycles. The number of anilines is 1. The predicted octanol–water partition coefficient (Wildman–Crippen LogP) is 3.26. The molecular weight excluding hydrogens is 318 g/mol. The minimum Gasteiger partial charge on any atom is -0.409 e. The van der Waals surface area contributed by atoms with Crippen LogP contribution in [0.15, 0.2) is 17.3 Å². The van der Waals surface area contributed by atoms with Crippen LogP contribution < -0.4 is 4.90 Å². The lowest BCUT2D eigenvalue weighted by Crippen LogP contribution is -2.40. The van der Waals surface area contributed by atoms with Gasteiger partial charge in [0.2, 0.25) is 11.6 Å². The minimum atomic E-state index is -1.82. The van der Waals surface area contributed by atoms with Gasteiger partial charge in [0.15, 0.2) is 14.1 Å². The van der Waals surface area contributed by atoms with Crippen LogP contribution in [-0.2, 0) is 18.1 Å². The summed E-state index contributed by atoms with van der Waals surface area (Å²) < 4.78 is 7.86. The van der Waals surface area contributed by atoms with Crippen LogP contribution in [0.5, 0.6) is 0 Å². The summed E-state index contributed by atoms with van der Waals surface area (Å²) in [5.41, 5.74) is -0.498. The molecule has 1 atom stereocenters. The van der Waals surface area contributed by atoms with E-state index in [-0.39, 0.29) is 5.04 Å². The average Bonchev–Trinajstić information content (AvgIpc) is 2.77. The Hall–Kier alpha value is -1.18. The van der Waals surface area contributed by atoms with Crippen LogP contribution in [0.3, 0.4) is 0 Å². The number of halogens is 1. The molecule has 0 saturated heterocycles. The van der Waals surface area contributed by atoms with Gasteiger partial charge in [-0.3, -0.25) is 9.89 Å². The fourth-order valence-corrected chi connectivity index (χ4v) is 2.87. The molecule has 8 heteroatoms. The SMILES string of the molecule is Cn1nc(CO[Si](C)(C)C(C)(C)C)nc1N1C=CC=NC1Cl. The molecule has 0 N–H and O–H groups in total. The summed E-state index contributed by atoms with van der Waals surface area (Å²) in [6.45, 7) is 11.5. The fourth-order valence-electron chi connectivity index (χ4n) is 1.73. The molecule has 2 heterocycles. The van der Waals surface area contributed by atoms with Crippen LogP contribution in [0.1, 0.15) is 26.6 Å². The van der Waals surface area contributed by atoms with Gasteiger partial charge in [0.1, 0.15) is 0 Å². The molecule has 1 aliphatic heterocycles. The van der Waals surface area contributed by atoms with E-state index in [2.05, 4.69) is 48.9 Å². The molecule has 0 radical (unpaired) electrons. The fraction of sp³-hybridized carbons (Fsp3) is 0.643. The van der Waals surface area contributed by atoms with E-state index in [0.717, 1.165) is 0 Å². The highest BCUT2D eigenvalue weighted by atomic mass is 35.5. The summed E-state index contributed by atoms with van der Waals surface area (Å²) in [5.74, 6) is 1.32. The Kier molecular flexibility index (Phi) is 4.79. The molecule has 2 rings (SSSR count). The molecule has 0 bridgehead atoms. The molecular formula is C14H24ClN5OSi. The molecule has 1 aromatic heterocycles. The Bertz CT molecular complexity index is 591. The van der Waals surface area contributed by atoms with Crippen molar-refractivity contribution < 1.29 is 4.43 Å². The third-order valence-electron chi connectivity index (χ3n) is 4.15. The highest BCUT2D eigenvalue weighted by Crippen LogP contribution is 2.37. The van der Waals surface area contributed by atoms with Gasteiger partial charge in [0.25, 0.3) is 0 Å². The maximum atomic E-state index is 6.18. The summed E-state index contributed by atoms with van der Waals surface area (Å²) in [4.78, 5) is 10.4. The summed E-state index contributed by atoms with van der Waals surface area (Å²) >= 11 is 6.18. The highest BCUT2D eigenvalue weighted by molar-refractivity contribution is 6.74. The number of rotatable bonds is 4. The van der Waals surface area contributed by atoms with Gasteiger partial charge < -0.3 is 4.43 Å². The summed E-state index contributed by atoms with van der Waals surface area (Å²) in [6, 6.07) is 0. The zero-order valence-electron chi connectivity index (χ0n) is 14.0. The summed E-state index contributed by atoms with van der Waals surface area (Å²) in [7, 11) is 0.0259. The van der Waals surface area contributed by atoms with E-state index >= 15 is 0 Å². The van der Waals surface area contributed by atoms with Gasteiger partial charge in [-0.2, -0.15) is 10.1 Å². The normalized spacial score (nSPS) is 19.0. The first-order chi connectivity index (χ1) is 10.1. The van der Waals surface area contributed by atoms with Gasteiger partial charge in [-0.1, -0.05) is 32.4 Å². The molecule has 0 amide bonds. The lowest BCUT2D eigenvalue weighted by atomic mass is 10.2. The third-order valence-corrected chi connectivity index (χ3v) is 8.96. The van der Waals surface area contributed by atoms with Crippen LogP contribution >= 0.6 is 11.6 Å². The number of hydrogen-bond donors (Lipinski definition) is 0. The number of aliphatic imine (C=N–C) groups is 1. The van der Waals surface area contributed by atoms with Crippen molar-refractivity contribution in [2.24, 2.45) is 12.0 Å². The van der Waals surface area contributed by atoms with Crippen molar-refractivity contribution >= 4 is 32.1 Å². The maximum Gasteiger partial charge on any atom is 0.230 e. The number of aromatic nitrogens is 3. The van der Waals surface area contributed by atoms with Crippen molar-refractivity contribution in [2.75, 3.05) is 4.90 Å². The lowest BCUT2D eigenvalue weighted by Gasteiger charge is -2.35. The van der Waals surface area contributed by atoms with Gasteiger partial charge in [-0.05, 0) is 24.2 Å². The van der Waals surface area contributed by atoms with Crippen molar-refractivity contribution in [2.45, 2.75) is 51.1 Å². The number of nitrogens with zero attached hydrogens (tertiary/aromatic N) is 5. The van der Waals surface area contributed by atoms with Gasteiger partial charge in [-0.15, -0.1) is 0 Å². The quantitative estimate of drug-likeness (QED) is 0.479. The second-order valence-electron chi connectivity index (χ2n) is 6.86. The number of hydrogen-bond acceptors (Lipinski definition) is 5. The number of allylic oxidation sites excluding steroid dienone is 1. The van der Waals surface area contributed by atoms with Crippen molar-refractivity contribution in [1.29, 1.82) is 0 Å². The second kappa shape index (κ2) is 6.14. The van der Waals surface area contributed by atoms with Gasteiger partial charge in [-0.25, -0.2) is 4.68 Å². The molecule has 1 unspecified atom stereocenters. The van der Waals surface area contributed by atoms with Crippen LogP contribution in [0.25, 0.3) is 0 Å². The largest absolute Gasteiger partial charge is 0.409 e. The van der Waals surface area contributed by atoms with Crippen molar-refractivity contribution in [3.05, 3.63) is 18.1 Å². The van der Waals surface area contributed by atoms with Crippen molar-refractivity contribution in [3.63, 3.8) is 0 Å². The Balaban J connectivity index is 2.11. The first kappa shape index (κ1) is 17.2. The van der Waals surface area contributed by atoms with E-state index in [0.29, 0.717) is 18.4 Å².